The highest BCUT2D eigenvalue weighted by Gasteiger charge is 2.45. The predicted molar refractivity (Wildman–Crippen MR) is 503 cm³/mol. The fourth-order valence-electron chi connectivity index (χ4n) is 15.3. The summed E-state index contributed by atoms with van der Waals surface area (Å²) in [6.07, 6.45) is -6.62. The van der Waals surface area contributed by atoms with E-state index in [2.05, 4.69) is 85.1 Å². The van der Waals surface area contributed by atoms with E-state index in [9.17, 15) is 77.6 Å². The van der Waals surface area contributed by atoms with Crippen LogP contribution in [0.3, 0.4) is 0 Å². The van der Waals surface area contributed by atoms with Crippen molar-refractivity contribution in [3.05, 3.63) is 108 Å². The highest BCUT2D eigenvalue weighted by Crippen LogP contribution is 2.24. The van der Waals surface area contributed by atoms with Crippen LogP contribution in [0, 0.1) is 5.92 Å². The number of aliphatic carboxylic acids is 2. The molecule has 20 amide bonds. The molecular weight excluding hydrogens is 1880 g/mol. The molecule has 19 atom stereocenters. The van der Waals surface area contributed by atoms with Crippen molar-refractivity contribution < 1.29 is 121 Å². The van der Waals surface area contributed by atoms with Crippen molar-refractivity contribution in [2.45, 2.75) is 225 Å². The summed E-state index contributed by atoms with van der Waals surface area (Å²) >= 11 is 1.85. The third-order valence-electron chi connectivity index (χ3n) is 23.1. The number of nitrogens with one attached hydrogen (secondary N) is 18. The number of fused-ring (bicyclic) bond motifs is 22. The summed E-state index contributed by atoms with van der Waals surface area (Å²) in [6.45, 7) is 1.40. The normalized spacial score (nSPS) is 27.9. The smallest absolute Gasteiger partial charge is 0.335 e. The van der Waals surface area contributed by atoms with Crippen LogP contribution in [0.15, 0.2) is 91.0 Å². The number of aliphatic hydroxyl groups is 1. The number of carboxylic acid groups (broad SMARTS) is 2. The molecule has 5 aliphatic heterocycles. The number of carbonyl (C=O) groups is 22. The van der Waals surface area contributed by atoms with Crippen molar-refractivity contribution in [3.63, 3.8) is 0 Å². The van der Waals surface area contributed by atoms with E-state index in [1.54, 1.807) is 91.0 Å². The fourth-order valence-corrected chi connectivity index (χ4v) is 18.5. The Balaban J connectivity index is 1.41. The zero-order valence-electron chi connectivity index (χ0n) is 76.7. The van der Waals surface area contributed by atoms with Gasteiger partial charge in [0.2, 0.25) is 118 Å². The van der Waals surface area contributed by atoms with Gasteiger partial charge in [0.25, 0.3) is 0 Å². The van der Waals surface area contributed by atoms with Crippen LogP contribution in [0.2, 0.25) is 0 Å². The van der Waals surface area contributed by atoms with Crippen LogP contribution in [0.4, 0.5) is 0 Å². The molecular formula is C88H123N23O25S3. The Morgan fingerprint density at radius 2 is 0.899 bits per heavy atom. The molecule has 5 saturated heterocycles. The lowest BCUT2D eigenvalue weighted by Crippen LogP contribution is -2.64. The van der Waals surface area contributed by atoms with Gasteiger partial charge in [-0.2, -0.15) is 35.3 Å². The molecule has 5 fully saturated rings. The maximum absolute atomic E-state index is 16.1. The Morgan fingerprint density at radius 3 is 1.46 bits per heavy atom. The first-order valence-electron chi connectivity index (χ1n) is 45.3. The van der Waals surface area contributed by atoms with Gasteiger partial charge in [-0.05, 0) is 93.5 Å². The molecule has 3 aromatic carbocycles. The number of carbonyl (C=O) groups excluding carboxylic acids is 20. The molecule has 48 nitrogen and oxygen atoms in total. The van der Waals surface area contributed by atoms with E-state index in [-0.39, 0.29) is 77.4 Å². The summed E-state index contributed by atoms with van der Waals surface area (Å²) in [6, 6.07) is -7.82. The van der Waals surface area contributed by atoms with Crippen LogP contribution in [0.5, 0.6) is 0 Å². The molecule has 0 unspecified atom stereocenters. The number of hydrogen-bond acceptors (Lipinski definition) is 29. The van der Waals surface area contributed by atoms with Gasteiger partial charge in [-0.3, -0.25) is 95.9 Å². The summed E-state index contributed by atoms with van der Waals surface area (Å²) in [5.74, 6) is -32.7. The Labute approximate surface area is 811 Å². The fraction of sp³-hybridized carbons (Fsp3) is 0.545. The van der Waals surface area contributed by atoms with E-state index >= 15 is 43.2 Å². The van der Waals surface area contributed by atoms with Gasteiger partial charge in [0.15, 0.2) is 6.10 Å². The van der Waals surface area contributed by atoms with Crippen molar-refractivity contribution >= 4 is 165 Å². The zero-order valence-corrected chi connectivity index (χ0v) is 79.1. The molecule has 6 bridgehead atoms. The van der Waals surface area contributed by atoms with Gasteiger partial charge in [0.05, 0.1) is 25.6 Å². The zero-order chi connectivity index (χ0) is 102. The Kier molecular flexibility index (Phi) is 44.4. The largest absolute Gasteiger partial charge is 0.480 e. The van der Waals surface area contributed by atoms with E-state index < -0.39 is 331 Å². The number of rotatable bonds is 19. The summed E-state index contributed by atoms with van der Waals surface area (Å²) in [4.78, 5) is 325. The Hall–Kier alpha value is -13.1. The van der Waals surface area contributed by atoms with Gasteiger partial charge in [0.1, 0.15) is 96.7 Å². The second kappa shape index (κ2) is 55.5. The third-order valence-corrected chi connectivity index (χ3v) is 26.7. The lowest BCUT2D eigenvalue weighted by atomic mass is 10.00. The maximum atomic E-state index is 16.1. The molecule has 0 saturated carbocycles. The first-order chi connectivity index (χ1) is 66.2. The molecule has 0 spiro atoms. The summed E-state index contributed by atoms with van der Waals surface area (Å²) < 4.78 is 0. The number of carboxylic acids is 2. The van der Waals surface area contributed by atoms with Gasteiger partial charge in [-0.15, -0.1) is 0 Å². The van der Waals surface area contributed by atoms with Crippen LogP contribution in [0.25, 0.3) is 0 Å². The SMILES string of the molecule is CC(C)[C@H]1NC(=O)[C@H](Cc2ccccc2)NC(=O)[C@@H]2NC(=O)[C@H](Cc3ccccc3)NC(=O)[C@H]3CCCN3C(=O)CNC(=O)[C@H](Cc3ccccc3)NC(=O)[C@@H]3CNCCCC[C@@H](C(=O)O)NC(=O)[C@@H]4CSC[C@H](N)C(=O)N[C@@H](CCCCN)C(=O)N[C@@H](CCC(N)=O)C(=O)N[C@H](CSC[C@@H](NC1=O)C(=O)N[C@@H]([C@H](O)C(=O)O)C(=O)NCC(=O)N[C@@H](CC(N)=O)C(=O)N4)C(=O)N[C@@H](CS[C@H]2C)C(=O)N3. The third kappa shape index (κ3) is 35.4. The molecule has 0 aromatic heterocycles. The highest BCUT2D eigenvalue weighted by molar-refractivity contribution is 8.00. The van der Waals surface area contributed by atoms with Crippen LogP contribution in [-0.4, -0.2) is 332 Å². The van der Waals surface area contributed by atoms with Crippen molar-refractivity contribution in [3.8, 4) is 0 Å². The van der Waals surface area contributed by atoms with Gasteiger partial charge in [-0.1, -0.05) is 112 Å². The first kappa shape index (κ1) is 111. The molecule has 139 heavy (non-hydrogen) atoms. The molecule has 8 rings (SSSR count). The van der Waals surface area contributed by atoms with Gasteiger partial charge in [-0.25, -0.2) is 9.59 Å². The minimum absolute atomic E-state index is 0.0208. The molecule has 0 aliphatic carbocycles. The Morgan fingerprint density at radius 1 is 0.439 bits per heavy atom. The van der Waals surface area contributed by atoms with Gasteiger partial charge < -0.3 is 139 Å². The lowest BCUT2D eigenvalue weighted by molar-refractivity contribution is -0.152. The predicted octanol–water partition coefficient (Wildman–Crippen LogP) is -9.60. The quantitative estimate of drug-likeness (QED) is 0.0391. The number of nitrogens with zero attached hydrogens (tertiary/aromatic N) is 1. The lowest BCUT2D eigenvalue weighted by Gasteiger charge is -2.32. The number of nitrogens with two attached hydrogens (primary N) is 4. The molecule has 29 N–H and O–H groups in total. The Bertz CT molecular complexity index is 4900. The molecule has 0 radical (unpaired) electrons. The van der Waals surface area contributed by atoms with Crippen LogP contribution in [-0.2, 0) is 125 Å². The average molecular weight is 2000 g/mol. The van der Waals surface area contributed by atoms with Crippen LogP contribution < -0.4 is 119 Å². The second-order valence-corrected chi connectivity index (χ2v) is 37.8. The minimum Gasteiger partial charge on any atom is -0.480 e. The number of primary amides is 2. The van der Waals surface area contributed by atoms with Gasteiger partial charge in [0, 0.05) is 72.8 Å². The number of aliphatic hydroxyl groups excluding tert-OH is 1. The number of hydrogen-bond donors (Lipinski definition) is 25. The van der Waals surface area contributed by atoms with E-state index in [0.717, 1.165) is 0 Å². The standard InChI is InChI=1S/C88H123N23O25S3/c1-44(2)67-85(131)107-60-42-138-41-59-80(126)106-61-43-139-45(3)68(86(132)102-55(76(122)108-67)34-48-22-11-6-12-23-48)109-77(123)54(33-47-20-9-5-10-21-47)101-83(129)62-26-17-31-111(62)66(115)38-95-72(118)53(32-46-18-7-4-8-19-46)100-78(124)57(103-81(61)127)36-93-30-16-14-25-52(87(133)134)99-79(125)58(105-75(121)56(35-64(92)113)96-65(114)37-94-84(130)69(110-82(60)128)70(116)88(135)136)40-137-39-49(90)71(117)97-50(24-13-15-29-89)73(119)98-51(74(120)104-59)27-28-63(91)112/h4-12,18-23,44-45,49-62,67-70,93,116H,13-17,24-43,89-90H2,1-3H3,(H2,91,112)(H2,92,113)(H,94,130)(H,95,118)(H,96,114)(H,97,117)(H,98,119)(H,99,125)(H,100,124)(H,101,129)(H,102,132)(H,103,127)(H,104,120)(H,105,121)(H,106,126)(H,107,131)(H,108,122)(H,109,123)(H,110,128)(H,133,134)(H,135,136)/t45-,49-,50-,51-,52-,53-,54-,55-,56-,57-,58-,59+,60+,61-,62+,67+,68+,69-,70-/m0/s1. The molecule has 5 aliphatic rings. The highest BCUT2D eigenvalue weighted by atomic mass is 32.2. The summed E-state index contributed by atoms with van der Waals surface area (Å²) in [7, 11) is 0. The number of benzene rings is 3. The average Bonchev–Trinajstić information content (AvgIpc) is 1.09. The van der Waals surface area contributed by atoms with Crippen molar-refractivity contribution in [2.75, 3.05) is 68.0 Å². The number of unbranched alkanes of at least 4 members (excludes halogenated alkanes) is 1. The topological polar surface area (TPSA) is 760 Å². The van der Waals surface area contributed by atoms with Crippen molar-refractivity contribution in [2.24, 2.45) is 28.9 Å². The van der Waals surface area contributed by atoms with Crippen LogP contribution in [0.1, 0.15) is 108 Å². The minimum atomic E-state index is -2.98. The molecule has 51 heteroatoms. The first-order valence-corrected chi connectivity index (χ1v) is 48.7. The maximum Gasteiger partial charge on any atom is 0.335 e. The van der Waals surface area contributed by atoms with Crippen molar-refractivity contribution in [1.82, 2.24) is 101 Å². The van der Waals surface area contributed by atoms with Gasteiger partial charge >= 0.3 is 11.9 Å². The molecule has 758 valence electrons. The van der Waals surface area contributed by atoms with Crippen molar-refractivity contribution in [1.29, 1.82) is 0 Å². The molecule has 3 aromatic rings. The summed E-state index contributed by atoms with van der Waals surface area (Å²) in [5, 5.41) is 76.1. The number of thioether (sulfide) groups is 3. The number of amides is 20. The van der Waals surface area contributed by atoms with E-state index in [0.29, 0.717) is 52.0 Å². The monoisotopic (exact) mass is 2000 g/mol. The van der Waals surface area contributed by atoms with E-state index in [4.69, 9.17) is 22.9 Å². The van der Waals surface area contributed by atoms with E-state index in [1.807, 2.05) is 10.6 Å². The second-order valence-electron chi connectivity index (χ2n) is 34.2. The summed E-state index contributed by atoms with van der Waals surface area (Å²) in [5.41, 5.74) is 24.9. The molecule has 5 heterocycles. The van der Waals surface area contributed by atoms with Crippen LogP contribution >= 0.6 is 35.3 Å². The van der Waals surface area contributed by atoms with E-state index in [1.165, 1.54) is 25.7 Å².